The van der Waals surface area contributed by atoms with Crippen molar-refractivity contribution in [1.29, 1.82) is 0 Å². The number of benzene rings is 1. The summed E-state index contributed by atoms with van der Waals surface area (Å²) in [6.07, 6.45) is 4.38. The average molecular weight is 374 g/mol. The smallest absolute Gasteiger partial charge is 0.255 e. The van der Waals surface area contributed by atoms with Gasteiger partial charge in [0.25, 0.3) is 5.91 Å². The third kappa shape index (κ3) is 4.22. The van der Waals surface area contributed by atoms with Crippen molar-refractivity contribution in [3.05, 3.63) is 59.4 Å². The number of aromatic nitrogens is 1. The highest BCUT2D eigenvalue weighted by atomic mass is 32.2. The summed E-state index contributed by atoms with van der Waals surface area (Å²) in [5, 5.41) is 0. The zero-order valence-corrected chi connectivity index (χ0v) is 15.7. The second-order valence-corrected chi connectivity index (χ2v) is 8.81. The van der Waals surface area contributed by atoms with Crippen molar-refractivity contribution in [2.45, 2.75) is 18.9 Å². The number of nitrogens with zero attached hydrogens (tertiary/aromatic N) is 2. The van der Waals surface area contributed by atoms with Gasteiger partial charge in [-0.3, -0.25) is 9.78 Å². The van der Waals surface area contributed by atoms with Crippen molar-refractivity contribution in [1.82, 2.24) is 9.88 Å². The van der Waals surface area contributed by atoms with Gasteiger partial charge in [0.15, 0.2) is 9.84 Å². The Morgan fingerprint density at radius 2 is 2.08 bits per heavy atom. The number of ether oxygens (including phenoxy) is 1. The summed E-state index contributed by atoms with van der Waals surface area (Å²) in [5.74, 6) is 0.757. The number of rotatable bonds is 5. The van der Waals surface area contributed by atoms with Crippen LogP contribution in [0.3, 0.4) is 0 Å². The Morgan fingerprint density at radius 3 is 2.77 bits per heavy atom. The number of sulfone groups is 1. The molecule has 2 heterocycles. The Hall–Kier alpha value is -2.41. The van der Waals surface area contributed by atoms with Crippen LogP contribution < -0.4 is 4.74 Å². The molecular weight excluding hydrogens is 352 g/mol. The van der Waals surface area contributed by atoms with Crippen LogP contribution in [-0.4, -0.2) is 55.9 Å². The molecule has 1 aliphatic rings. The van der Waals surface area contributed by atoms with Crippen molar-refractivity contribution >= 4 is 15.7 Å². The van der Waals surface area contributed by atoms with Crippen LogP contribution in [-0.2, 0) is 16.3 Å². The van der Waals surface area contributed by atoms with Crippen LogP contribution in [0.1, 0.15) is 27.9 Å². The molecule has 0 aliphatic carbocycles. The molecule has 7 heteroatoms. The fourth-order valence-corrected chi connectivity index (χ4v) is 4.94. The fraction of sp³-hybridized carbons (Fsp3) is 0.368. The number of amides is 1. The SMILES string of the molecule is COc1cccc(Cc2cncc(C(=O)N(C)[C@@H]3CCS(=O)(=O)C3)c2)c1. The summed E-state index contributed by atoms with van der Waals surface area (Å²) >= 11 is 0. The van der Waals surface area contributed by atoms with E-state index in [1.54, 1.807) is 20.4 Å². The van der Waals surface area contributed by atoms with Gasteiger partial charge in [-0.05, 0) is 42.2 Å². The molecule has 1 saturated heterocycles. The highest BCUT2D eigenvalue weighted by Crippen LogP contribution is 2.20. The monoisotopic (exact) mass is 374 g/mol. The molecule has 3 rings (SSSR count). The summed E-state index contributed by atoms with van der Waals surface area (Å²) in [7, 11) is 0.246. The molecule has 0 spiro atoms. The summed E-state index contributed by atoms with van der Waals surface area (Å²) in [6, 6.07) is 9.29. The quantitative estimate of drug-likeness (QED) is 0.799. The first-order valence-electron chi connectivity index (χ1n) is 8.42. The van der Waals surface area contributed by atoms with E-state index in [9.17, 15) is 13.2 Å². The molecule has 6 nitrogen and oxygen atoms in total. The number of pyridine rings is 1. The van der Waals surface area contributed by atoms with Gasteiger partial charge >= 0.3 is 0 Å². The Balaban J connectivity index is 1.75. The molecule has 1 atom stereocenters. The minimum atomic E-state index is -3.03. The summed E-state index contributed by atoms with van der Waals surface area (Å²) in [5.41, 5.74) is 2.44. The van der Waals surface area contributed by atoms with Crippen LogP contribution in [0.25, 0.3) is 0 Å². The van der Waals surface area contributed by atoms with Crippen LogP contribution in [0.15, 0.2) is 42.7 Å². The van der Waals surface area contributed by atoms with E-state index in [4.69, 9.17) is 4.74 Å². The van der Waals surface area contributed by atoms with Crippen LogP contribution >= 0.6 is 0 Å². The maximum absolute atomic E-state index is 12.7. The third-order valence-electron chi connectivity index (χ3n) is 4.66. The molecule has 0 saturated carbocycles. The number of hydrogen-bond acceptors (Lipinski definition) is 5. The van der Waals surface area contributed by atoms with Crippen molar-refractivity contribution in [3.63, 3.8) is 0 Å². The first-order chi connectivity index (χ1) is 12.4. The van der Waals surface area contributed by atoms with E-state index in [-0.39, 0.29) is 23.5 Å². The Bertz CT molecular complexity index is 911. The lowest BCUT2D eigenvalue weighted by molar-refractivity contribution is 0.0747. The molecule has 26 heavy (non-hydrogen) atoms. The van der Waals surface area contributed by atoms with E-state index in [0.29, 0.717) is 18.4 Å². The lowest BCUT2D eigenvalue weighted by atomic mass is 10.0. The van der Waals surface area contributed by atoms with E-state index >= 15 is 0 Å². The normalized spacial score (nSPS) is 18.5. The van der Waals surface area contributed by atoms with Gasteiger partial charge in [0, 0.05) is 25.5 Å². The molecule has 1 amide bonds. The Labute approximate surface area is 153 Å². The molecule has 1 aliphatic heterocycles. The minimum absolute atomic E-state index is 0.0339. The fourth-order valence-electron chi connectivity index (χ4n) is 3.17. The largest absolute Gasteiger partial charge is 0.497 e. The van der Waals surface area contributed by atoms with E-state index in [0.717, 1.165) is 16.9 Å². The molecule has 138 valence electrons. The van der Waals surface area contributed by atoms with E-state index < -0.39 is 9.84 Å². The van der Waals surface area contributed by atoms with Gasteiger partial charge in [-0.15, -0.1) is 0 Å². The number of carbonyl (C=O) groups is 1. The van der Waals surface area contributed by atoms with Gasteiger partial charge in [-0.2, -0.15) is 0 Å². The second-order valence-electron chi connectivity index (χ2n) is 6.58. The van der Waals surface area contributed by atoms with E-state index in [2.05, 4.69) is 4.98 Å². The highest BCUT2D eigenvalue weighted by Gasteiger charge is 2.33. The van der Waals surface area contributed by atoms with Crippen molar-refractivity contribution in [2.75, 3.05) is 25.7 Å². The zero-order chi connectivity index (χ0) is 18.7. The summed E-state index contributed by atoms with van der Waals surface area (Å²) in [6.45, 7) is 0. The van der Waals surface area contributed by atoms with Crippen molar-refractivity contribution in [2.24, 2.45) is 0 Å². The van der Waals surface area contributed by atoms with E-state index in [1.165, 1.54) is 11.1 Å². The van der Waals surface area contributed by atoms with Crippen LogP contribution in [0.2, 0.25) is 0 Å². The molecule has 2 aromatic rings. The van der Waals surface area contributed by atoms with Gasteiger partial charge in [0.05, 0.1) is 24.2 Å². The molecule has 0 bridgehead atoms. The van der Waals surface area contributed by atoms with Gasteiger partial charge in [0.1, 0.15) is 5.75 Å². The van der Waals surface area contributed by atoms with Gasteiger partial charge in [-0.1, -0.05) is 12.1 Å². The van der Waals surface area contributed by atoms with Crippen molar-refractivity contribution in [3.8, 4) is 5.75 Å². The predicted octanol–water partition coefficient (Wildman–Crippen LogP) is 1.94. The van der Waals surface area contributed by atoms with E-state index in [1.807, 2.05) is 30.3 Å². The van der Waals surface area contributed by atoms with Crippen molar-refractivity contribution < 1.29 is 17.9 Å². The molecule has 0 radical (unpaired) electrons. The second kappa shape index (κ2) is 7.45. The van der Waals surface area contributed by atoms with Gasteiger partial charge in [0.2, 0.25) is 0 Å². The molecule has 0 N–H and O–H groups in total. The van der Waals surface area contributed by atoms with Gasteiger partial charge in [-0.25, -0.2) is 8.42 Å². The van der Waals surface area contributed by atoms with Crippen LogP contribution in [0.4, 0.5) is 0 Å². The molecule has 1 fully saturated rings. The number of hydrogen-bond donors (Lipinski definition) is 0. The predicted molar refractivity (Wildman–Crippen MR) is 99.2 cm³/mol. The zero-order valence-electron chi connectivity index (χ0n) is 14.9. The number of methoxy groups -OCH3 is 1. The molecule has 1 aromatic heterocycles. The Morgan fingerprint density at radius 1 is 1.27 bits per heavy atom. The maximum atomic E-state index is 12.7. The molecular formula is C19H22N2O4S. The number of carbonyl (C=O) groups excluding carboxylic acids is 1. The third-order valence-corrected chi connectivity index (χ3v) is 6.41. The first kappa shape index (κ1) is 18.4. The summed E-state index contributed by atoms with van der Waals surface area (Å²) in [4.78, 5) is 18.4. The van der Waals surface area contributed by atoms with Crippen LogP contribution in [0, 0.1) is 0 Å². The Kier molecular flexibility index (Phi) is 5.27. The lowest BCUT2D eigenvalue weighted by Crippen LogP contribution is -2.37. The highest BCUT2D eigenvalue weighted by molar-refractivity contribution is 7.91. The topological polar surface area (TPSA) is 76.6 Å². The molecule has 1 aromatic carbocycles. The van der Waals surface area contributed by atoms with Gasteiger partial charge < -0.3 is 9.64 Å². The molecule has 0 unspecified atom stereocenters. The lowest BCUT2D eigenvalue weighted by Gasteiger charge is -2.23. The minimum Gasteiger partial charge on any atom is -0.497 e. The summed E-state index contributed by atoms with van der Waals surface area (Å²) < 4.78 is 28.5. The first-order valence-corrected chi connectivity index (χ1v) is 10.2. The van der Waals surface area contributed by atoms with Crippen LogP contribution in [0.5, 0.6) is 5.75 Å². The maximum Gasteiger partial charge on any atom is 0.255 e. The standard InChI is InChI=1S/C19H22N2O4S/c1-21(17-6-7-26(23,24)13-17)19(22)16-9-15(11-20-12-16)8-14-4-3-5-18(10-14)25-2/h3-5,9-12,17H,6-8,13H2,1-2H3/t17-/m1/s1. The average Bonchev–Trinajstić information content (AvgIpc) is 3.00.